The van der Waals surface area contributed by atoms with Crippen LogP contribution in [0.15, 0.2) is 53.6 Å². The number of carbonyl (C=O) groups is 2. The Morgan fingerprint density at radius 3 is 2.92 bits per heavy atom. The van der Waals surface area contributed by atoms with E-state index in [0.717, 1.165) is 27.7 Å². The van der Waals surface area contributed by atoms with E-state index in [1.54, 1.807) is 18.5 Å². The Labute approximate surface area is 226 Å². The van der Waals surface area contributed by atoms with Crippen molar-refractivity contribution >= 4 is 56.3 Å². The minimum absolute atomic E-state index is 0.0825. The molecule has 0 bridgehead atoms. The second-order valence-corrected chi connectivity index (χ2v) is 12.3. The number of rotatable bonds is 12. The number of nitrogens with one attached hydrogen (secondary N) is 3. The molecular formula is C23H28N8O3S3. The monoisotopic (exact) mass is 560 g/mol. The van der Waals surface area contributed by atoms with Gasteiger partial charge in [-0.25, -0.2) is 0 Å². The zero-order valence-electron chi connectivity index (χ0n) is 20.3. The fourth-order valence-electron chi connectivity index (χ4n) is 3.49. The van der Waals surface area contributed by atoms with Crippen LogP contribution in [0, 0.1) is 0 Å². The average molecular weight is 561 g/mol. The molecule has 37 heavy (non-hydrogen) atoms. The molecule has 2 aromatic heterocycles. The number of likely N-dealkylation sites (N-methyl/N-ethyl adjacent to an activating group) is 1. The summed E-state index contributed by atoms with van der Waals surface area (Å²) in [6, 6.07) is 3.62. The van der Waals surface area contributed by atoms with Crippen LogP contribution in [0.25, 0.3) is 0 Å². The average Bonchev–Trinajstić information content (AvgIpc) is 3.51. The number of nitrogens with zero attached hydrogens (tertiary/aromatic N) is 5. The van der Waals surface area contributed by atoms with Gasteiger partial charge in [0, 0.05) is 45.0 Å². The molecule has 2 amide bonds. The number of allylic oxidation sites excluding steroid dienone is 1. The number of pyridine rings is 1. The Balaban J connectivity index is 1.10. The molecule has 0 saturated carbocycles. The zero-order valence-corrected chi connectivity index (χ0v) is 22.7. The number of thioether (sulfide) groups is 1. The van der Waals surface area contributed by atoms with Crippen LogP contribution in [-0.2, 0) is 33.6 Å². The van der Waals surface area contributed by atoms with E-state index in [4.69, 9.17) is 0 Å². The lowest BCUT2D eigenvalue weighted by molar-refractivity contribution is -0.120. The van der Waals surface area contributed by atoms with E-state index in [-0.39, 0.29) is 23.7 Å². The number of amides is 2. The molecule has 11 nitrogen and oxygen atoms in total. The third-order valence-electron chi connectivity index (χ3n) is 5.22. The maximum absolute atomic E-state index is 12.5. The second kappa shape index (κ2) is 13.6. The summed E-state index contributed by atoms with van der Waals surface area (Å²) in [6.07, 6.45) is 10.9. The third-order valence-corrected chi connectivity index (χ3v) is 8.46. The number of carbonyl (C=O) groups excluding carboxylic acids is 2. The molecule has 0 saturated heterocycles. The SMILES string of the molecule is CN1C=C(CC(=O)NC2NN=C(CC[S+]([O-])CCc3nnc(NC(=O)Cc4cccnc4)s3)S2)C=CC1. The van der Waals surface area contributed by atoms with Crippen LogP contribution in [0.1, 0.15) is 23.4 Å². The van der Waals surface area contributed by atoms with Crippen LogP contribution in [0.2, 0.25) is 0 Å². The Morgan fingerprint density at radius 1 is 1.24 bits per heavy atom. The number of hydrazone groups is 1. The summed E-state index contributed by atoms with van der Waals surface area (Å²) in [5, 5.41) is 20.0. The van der Waals surface area contributed by atoms with Gasteiger partial charge in [-0.1, -0.05) is 52.5 Å². The Kier molecular flexibility index (Phi) is 9.93. The highest BCUT2D eigenvalue weighted by Crippen LogP contribution is 2.20. The van der Waals surface area contributed by atoms with Crippen molar-refractivity contribution in [2.75, 3.05) is 30.4 Å². The van der Waals surface area contributed by atoms with Crippen LogP contribution in [0.4, 0.5) is 5.13 Å². The van der Waals surface area contributed by atoms with Crippen molar-refractivity contribution in [3.63, 3.8) is 0 Å². The zero-order chi connectivity index (χ0) is 26.0. The summed E-state index contributed by atoms with van der Waals surface area (Å²) in [5.74, 6) is 0.640. The highest BCUT2D eigenvalue weighted by atomic mass is 32.2. The van der Waals surface area contributed by atoms with E-state index in [9.17, 15) is 14.1 Å². The lowest BCUT2D eigenvalue weighted by Crippen LogP contribution is -2.38. The highest BCUT2D eigenvalue weighted by molar-refractivity contribution is 8.14. The van der Waals surface area contributed by atoms with Crippen LogP contribution < -0.4 is 16.1 Å². The molecular weight excluding hydrogens is 533 g/mol. The van der Waals surface area contributed by atoms with Crippen molar-refractivity contribution in [2.24, 2.45) is 5.10 Å². The first-order chi connectivity index (χ1) is 17.9. The van der Waals surface area contributed by atoms with Gasteiger partial charge < -0.3 is 20.1 Å². The minimum atomic E-state index is -1.06. The first-order valence-electron chi connectivity index (χ1n) is 11.6. The molecule has 4 rings (SSSR count). The minimum Gasteiger partial charge on any atom is -0.616 e. The second-order valence-electron chi connectivity index (χ2n) is 8.36. The maximum Gasteiger partial charge on any atom is 0.230 e. The van der Waals surface area contributed by atoms with Crippen LogP contribution >= 0.6 is 23.1 Å². The number of anilines is 1. The fraction of sp³-hybridized carbons (Fsp3) is 0.391. The number of hydrogen-bond donors (Lipinski definition) is 3. The van der Waals surface area contributed by atoms with Gasteiger partial charge in [-0.2, -0.15) is 5.10 Å². The van der Waals surface area contributed by atoms with Gasteiger partial charge in [-0.3, -0.25) is 20.0 Å². The summed E-state index contributed by atoms with van der Waals surface area (Å²) in [5.41, 5.74) is 4.37. The quantitative estimate of drug-likeness (QED) is 0.329. The van der Waals surface area contributed by atoms with Gasteiger partial charge in [0.15, 0.2) is 5.50 Å². The molecule has 0 aliphatic carbocycles. The molecule has 2 aliphatic heterocycles. The van der Waals surface area contributed by atoms with Crippen molar-refractivity contribution in [3.05, 3.63) is 59.0 Å². The normalized spacial score (nSPS) is 17.6. The Morgan fingerprint density at radius 2 is 2.11 bits per heavy atom. The molecule has 2 unspecified atom stereocenters. The standard InChI is InChI=1S/C23H28N8O3S3/c1-31-9-3-5-17(15-31)13-19(33)26-23-30-28-21(36-23)7-11-37(34)10-6-20-27-29-22(35-20)25-18(32)12-16-4-2-8-24-14-16/h2-5,8,14-15,23,30H,6-7,9-13H2,1H3,(H,26,33)(H,25,29,32). The molecule has 14 heteroatoms. The lowest BCUT2D eigenvalue weighted by atomic mass is 10.1. The van der Waals surface area contributed by atoms with Gasteiger partial charge in [0.25, 0.3) is 0 Å². The van der Waals surface area contributed by atoms with Crippen molar-refractivity contribution in [1.82, 2.24) is 30.8 Å². The van der Waals surface area contributed by atoms with E-state index in [1.807, 2.05) is 36.4 Å². The molecule has 2 aromatic rings. The van der Waals surface area contributed by atoms with Crippen molar-refractivity contribution in [3.8, 4) is 0 Å². The summed E-state index contributed by atoms with van der Waals surface area (Å²) in [6.45, 7) is 0.844. The molecule has 196 valence electrons. The van der Waals surface area contributed by atoms with Crippen LogP contribution in [0.5, 0.6) is 0 Å². The van der Waals surface area contributed by atoms with Crippen molar-refractivity contribution < 1.29 is 14.1 Å². The van der Waals surface area contributed by atoms with Gasteiger partial charge in [-0.05, 0) is 17.2 Å². The van der Waals surface area contributed by atoms with E-state index < -0.39 is 11.2 Å². The predicted molar refractivity (Wildman–Crippen MR) is 147 cm³/mol. The van der Waals surface area contributed by atoms with Gasteiger partial charge in [0.1, 0.15) is 21.6 Å². The maximum atomic E-state index is 12.5. The first kappa shape index (κ1) is 27.1. The first-order valence-corrected chi connectivity index (χ1v) is 14.8. The van der Waals surface area contributed by atoms with Crippen LogP contribution in [-0.4, -0.2) is 72.1 Å². The smallest absolute Gasteiger partial charge is 0.230 e. The molecule has 0 radical (unpaired) electrons. The highest BCUT2D eigenvalue weighted by Gasteiger charge is 2.23. The summed E-state index contributed by atoms with van der Waals surface area (Å²) >= 11 is 1.65. The van der Waals surface area contributed by atoms with Gasteiger partial charge >= 0.3 is 0 Å². The van der Waals surface area contributed by atoms with E-state index in [2.05, 4.69) is 36.3 Å². The number of hydrogen-bond acceptors (Lipinski definition) is 11. The largest absolute Gasteiger partial charge is 0.616 e. The van der Waals surface area contributed by atoms with Crippen LogP contribution in [0.3, 0.4) is 0 Å². The summed E-state index contributed by atoms with van der Waals surface area (Å²) in [7, 11) is 1.97. The molecule has 0 spiro atoms. The van der Waals surface area contributed by atoms with Gasteiger partial charge in [-0.15, -0.1) is 10.2 Å². The Hall–Kier alpha value is -2.94. The van der Waals surface area contributed by atoms with Gasteiger partial charge in [0.05, 0.1) is 12.8 Å². The summed E-state index contributed by atoms with van der Waals surface area (Å²) < 4.78 is 12.5. The number of aromatic nitrogens is 3. The van der Waals surface area contributed by atoms with E-state index >= 15 is 0 Å². The van der Waals surface area contributed by atoms with E-state index in [1.165, 1.54) is 23.1 Å². The van der Waals surface area contributed by atoms with Gasteiger partial charge in [0.2, 0.25) is 16.9 Å². The van der Waals surface area contributed by atoms with E-state index in [0.29, 0.717) is 35.9 Å². The lowest BCUT2D eigenvalue weighted by Gasteiger charge is -2.18. The predicted octanol–water partition coefficient (Wildman–Crippen LogP) is 1.62. The third kappa shape index (κ3) is 9.14. The fourth-order valence-corrected chi connectivity index (χ4v) is 6.45. The molecule has 0 aromatic carbocycles. The number of aryl methyl sites for hydroxylation is 1. The summed E-state index contributed by atoms with van der Waals surface area (Å²) in [4.78, 5) is 30.5. The topological polar surface area (TPSA) is 148 Å². The molecule has 4 heterocycles. The Bertz CT molecular complexity index is 1170. The van der Waals surface area contributed by atoms with Crippen molar-refractivity contribution in [1.29, 1.82) is 0 Å². The van der Waals surface area contributed by atoms with Crippen molar-refractivity contribution in [2.45, 2.75) is 31.2 Å². The molecule has 2 atom stereocenters. The molecule has 3 N–H and O–H groups in total. The molecule has 2 aliphatic rings. The molecule has 0 fully saturated rings.